The lowest BCUT2D eigenvalue weighted by molar-refractivity contribution is -0.705. The Labute approximate surface area is 142 Å². The molecule has 0 atom stereocenters. The molecule has 22 heavy (non-hydrogen) atoms. The van der Waals surface area contributed by atoms with Crippen molar-refractivity contribution in [3.63, 3.8) is 0 Å². The highest BCUT2D eigenvalue weighted by molar-refractivity contribution is 6.48. The zero-order valence-electron chi connectivity index (χ0n) is 15.4. The highest BCUT2D eigenvalue weighted by Gasteiger charge is 2.66. The van der Waals surface area contributed by atoms with E-state index in [1.807, 2.05) is 0 Å². The van der Waals surface area contributed by atoms with Crippen molar-refractivity contribution in [2.45, 2.75) is 84.7 Å². The maximum atomic E-state index is 6.15. The van der Waals surface area contributed by atoms with E-state index in [9.17, 15) is 0 Å². The number of hydrogen-bond acceptors (Lipinski definition) is 4. The van der Waals surface area contributed by atoms with Gasteiger partial charge in [-0.25, -0.2) is 0 Å². The summed E-state index contributed by atoms with van der Waals surface area (Å²) in [4.78, 5) is 0. The van der Waals surface area contributed by atoms with Crippen LogP contribution in [0.3, 0.4) is 0 Å². The minimum Gasteiger partial charge on any atom is -1.00 e. The van der Waals surface area contributed by atoms with Crippen molar-refractivity contribution >= 4 is 14.5 Å². The monoisotopic (exact) mass is 333 g/mol. The molecule has 0 aromatic rings. The van der Waals surface area contributed by atoms with Crippen LogP contribution in [0.5, 0.6) is 0 Å². The molecule has 0 radical (unpaired) electrons. The lowest BCUT2D eigenvalue weighted by Crippen LogP contribution is -3.24. The molecule has 128 valence electrons. The number of halogens is 1. The van der Waals surface area contributed by atoms with Gasteiger partial charge in [0.15, 0.2) is 0 Å². The Balaban J connectivity index is 0.00000242. The molecule has 2 fully saturated rings. The average Bonchev–Trinajstić information content (AvgIpc) is 2.58. The van der Waals surface area contributed by atoms with Crippen molar-refractivity contribution in [2.75, 3.05) is 6.54 Å². The number of hydrogen-bond donors (Lipinski definition) is 1. The fourth-order valence-electron chi connectivity index (χ4n) is 2.43. The molecule has 2 aliphatic rings. The minimum atomic E-state index is -0.380. The molecule has 0 saturated carbocycles. The van der Waals surface area contributed by atoms with E-state index < -0.39 is 0 Å². The van der Waals surface area contributed by atoms with Crippen LogP contribution in [0.25, 0.3) is 0 Å². The molecule has 8 heteroatoms. The summed E-state index contributed by atoms with van der Waals surface area (Å²) in [6.07, 6.45) is 0. The lowest BCUT2D eigenvalue weighted by Gasteiger charge is -2.31. The number of rotatable bonds is 3. The molecular weight excluding hydrogens is 303 g/mol. The van der Waals surface area contributed by atoms with Crippen LogP contribution in [-0.2, 0) is 18.6 Å². The van der Waals surface area contributed by atoms with Crippen LogP contribution in [0.15, 0.2) is 0 Å². The first-order valence-corrected chi connectivity index (χ1v) is 7.90. The second kappa shape index (κ2) is 5.94. The third-order valence-electron chi connectivity index (χ3n) is 5.52. The molecule has 0 bridgehead atoms. The van der Waals surface area contributed by atoms with Gasteiger partial charge < -0.3 is 35.7 Å². The molecule has 2 saturated heterocycles. The summed E-state index contributed by atoms with van der Waals surface area (Å²) in [6, 6.07) is 0. The first-order valence-electron chi connectivity index (χ1n) is 7.90. The Morgan fingerprint density at radius 1 is 0.636 bits per heavy atom. The van der Waals surface area contributed by atoms with Gasteiger partial charge in [0.1, 0.15) is 0 Å². The maximum Gasteiger partial charge on any atom is 0.741 e. The smallest absolute Gasteiger partial charge is 0.741 e. The molecule has 0 aromatic heterocycles. The van der Waals surface area contributed by atoms with Crippen LogP contribution < -0.4 is 17.1 Å². The normalized spacial score (nSPS) is 28.1. The topological polar surface area (TPSA) is 41.4 Å². The zero-order valence-corrected chi connectivity index (χ0v) is 16.1. The highest BCUT2D eigenvalue weighted by Crippen LogP contribution is 2.37. The van der Waals surface area contributed by atoms with Crippen LogP contribution in [-0.4, -0.2) is 43.5 Å². The Bertz CT molecular complexity index is 350. The zero-order chi connectivity index (χ0) is 16.3. The van der Waals surface area contributed by atoms with Crippen molar-refractivity contribution in [2.24, 2.45) is 0 Å². The summed E-state index contributed by atoms with van der Waals surface area (Å²) in [7, 11) is -0.760. The molecule has 2 rings (SSSR count). The van der Waals surface area contributed by atoms with Crippen LogP contribution >= 0.6 is 0 Å². The second-order valence-electron chi connectivity index (χ2n) is 8.10. The van der Waals surface area contributed by atoms with Crippen molar-refractivity contribution in [3.05, 3.63) is 0 Å². The molecule has 0 unspecified atom stereocenters. The Kier molecular flexibility index (Phi) is 5.47. The standard InChI is InChI=1S/C14H29B2NO4.ClH/c1-10-17(15-18-11(2,3)12(4,5)19-15)16-20-13(6,7)14(8,9)21-16;/h10H2,1-9H3;1H. The van der Waals surface area contributed by atoms with Gasteiger partial charge >= 0.3 is 14.5 Å². The highest BCUT2D eigenvalue weighted by atomic mass is 35.5. The van der Waals surface area contributed by atoms with Gasteiger partial charge in [0.2, 0.25) is 0 Å². The van der Waals surface area contributed by atoms with E-state index >= 15 is 0 Å². The van der Waals surface area contributed by atoms with Crippen molar-refractivity contribution in [3.8, 4) is 0 Å². The summed E-state index contributed by atoms with van der Waals surface area (Å²) < 4.78 is 25.6. The Morgan fingerprint density at radius 2 is 0.864 bits per heavy atom. The molecular formula is C14H30B2ClNO4. The van der Waals surface area contributed by atoms with Crippen LogP contribution in [0, 0.1) is 0 Å². The Morgan fingerprint density at radius 3 is 1.05 bits per heavy atom. The third kappa shape index (κ3) is 3.21. The van der Waals surface area contributed by atoms with Crippen LogP contribution in [0.2, 0.25) is 0 Å². The van der Waals surface area contributed by atoms with E-state index in [4.69, 9.17) is 18.6 Å². The average molecular weight is 333 g/mol. The van der Waals surface area contributed by atoms with E-state index in [-0.39, 0.29) is 49.3 Å². The van der Waals surface area contributed by atoms with E-state index in [2.05, 4.69) is 62.3 Å². The Hall–Kier alpha value is 0.220. The van der Waals surface area contributed by atoms with Crippen LogP contribution in [0.4, 0.5) is 0 Å². The SMILES string of the molecule is CC[NH+](B1OC(C)(C)C(C)(C)O1)B1OC(C)(C)C(C)(C)O1.[Cl-]. The van der Waals surface area contributed by atoms with Crippen molar-refractivity contribution in [1.29, 1.82) is 0 Å². The van der Waals surface area contributed by atoms with Crippen molar-refractivity contribution in [1.82, 2.24) is 0 Å². The molecule has 2 aliphatic heterocycles. The lowest BCUT2D eigenvalue weighted by atomic mass is 9.89. The number of quaternary nitrogens is 1. The molecule has 0 spiro atoms. The quantitative estimate of drug-likeness (QED) is 0.611. The summed E-state index contributed by atoms with van der Waals surface area (Å²) in [5, 5.41) is 0. The van der Waals surface area contributed by atoms with Gasteiger partial charge in [0, 0.05) is 6.54 Å². The van der Waals surface area contributed by atoms with E-state index in [1.54, 1.807) is 0 Å². The van der Waals surface area contributed by atoms with E-state index in [0.29, 0.717) is 0 Å². The predicted molar refractivity (Wildman–Crippen MR) is 83.7 cm³/mol. The third-order valence-corrected chi connectivity index (χ3v) is 5.52. The second-order valence-corrected chi connectivity index (χ2v) is 8.10. The summed E-state index contributed by atoms with van der Waals surface area (Å²) in [5.41, 5.74) is -1.38. The van der Waals surface area contributed by atoms with Crippen LogP contribution in [0.1, 0.15) is 62.3 Å². The van der Waals surface area contributed by atoms with E-state index in [0.717, 1.165) is 11.3 Å². The van der Waals surface area contributed by atoms with Gasteiger partial charge in [-0.2, -0.15) is 0 Å². The molecule has 0 aliphatic carbocycles. The van der Waals surface area contributed by atoms with Crippen molar-refractivity contribution < 1.29 is 35.7 Å². The number of nitrogens with one attached hydrogen (secondary N) is 1. The largest absolute Gasteiger partial charge is 1.00 e. The minimum absolute atomic E-state index is 0. The first-order chi connectivity index (χ1) is 9.33. The molecule has 5 nitrogen and oxygen atoms in total. The summed E-state index contributed by atoms with van der Waals surface area (Å²) >= 11 is 0. The summed E-state index contributed by atoms with van der Waals surface area (Å²) in [6.45, 7) is 19.4. The fraction of sp³-hybridized carbons (Fsp3) is 1.00. The van der Waals surface area contributed by atoms with Gasteiger partial charge in [-0.3, -0.25) is 0 Å². The maximum absolute atomic E-state index is 6.15. The van der Waals surface area contributed by atoms with Gasteiger partial charge in [0.05, 0.1) is 22.4 Å². The van der Waals surface area contributed by atoms with E-state index in [1.165, 1.54) is 0 Å². The molecule has 1 N–H and O–H groups in total. The van der Waals surface area contributed by atoms with Gasteiger partial charge in [-0.15, -0.1) is 0 Å². The fourth-order valence-corrected chi connectivity index (χ4v) is 2.43. The molecule has 0 amide bonds. The molecule has 2 heterocycles. The van der Waals surface area contributed by atoms with Gasteiger partial charge in [0.25, 0.3) is 0 Å². The van der Waals surface area contributed by atoms with Gasteiger partial charge in [-0.05, 0) is 62.3 Å². The molecule has 0 aromatic carbocycles. The first kappa shape index (κ1) is 20.3. The predicted octanol–water partition coefficient (Wildman–Crippen LogP) is -1.93. The van der Waals surface area contributed by atoms with Gasteiger partial charge in [-0.1, -0.05) is 0 Å². The summed E-state index contributed by atoms with van der Waals surface area (Å²) in [5.74, 6) is 0.